The summed E-state index contributed by atoms with van der Waals surface area (Å²) >= 11 is 0. The Morgan fingerprint density at radius 2 is 1.63 bits per heavy atom. The van der Waals surface area contributed by atoms with Gasteiger partial charge in [0.15, 0.2) is 0 Å². The molecule has 1 saturated heterocycles. The number of hydrogen-bond donors (Lipinski definition) is 1. The van der Waals surface area contributed by atoms with Crippen LogP contribution in [0.3, 0.4) is 0 Å². The molecule has 2 heterocycles. The number of likely N-dealkylation sites (tertiary alicyclic amines) is 1. The lowest BCUT2D eigenvalue weighted by molar-refractivity contribution is -0.139. The summed E-state index contributed by atoms with van der Waals surface area (Å²) in [4.78, 5) is 42.6. The number of esters is 2. The molecule has 4 rings (SSSR count). The summed E-state index contributed by atoms with van der Waals surface area (Å²) < 4.78 is 10.1. The molecule has 2 N–H and O–H groups in total. The van der Waals surface area contributed by atoms with E-state index in [1.165, 1.54) is 19.1 Å². The zero-order valence-electron chi connectivity index (χ0n) is 21.6. The Labute approximate surface area is 221 Å². The van der Waals surface area contributed by atoms with Gasteiger partial charge in [-0.1, -0.05) is 30.3 Å². The fourth-order valence-corrected chi connectivity index (χ4v) is 5.10. The largest absolute Gasteiger partial charge is 0.466 e. The number of benzene rings is 2. The fraction of sp³-hybridized carbons (Fsp3) is 0.310. The Kier molecular flexibility index (Phi) is 7.82. The molecule has 0 aliphatic carbocycles. The minimum atomic E-state index is -0.944. The molecule has 0 aromatic heterocycles. The van der Waals surface area contributed by atoms with Crippen LogP contribution >= 0.6 is 0 Å². The van der Waals surface area contributed by atoms with Crippen molar-refractivity contribution in [2.75, 3.05) is 25.7 Å². The van der Waals surface area contributed by atoms with Gasteiger partial charge in [0.25, 0.3) is 5.91 Å². The summed E-state index contributed by atoms with van der Waals surface area (Å²) in [7, 11) is 2.40. The van der Waals surface area contributed by atoms with E-state index in [1.807, 2.05) is 11.8 Å². The van der Waals surface area contributed by atoms with Gasteiger partial charge in [-0.2, -0.15) is 5.26 Å². The van der Waals surface area contributed by atoms with E-state index in [0.29, 0.717) is 23.4 Å². The molecule has 0 radical (unpaired) electrons. The third-order valence-corrected chi connectivity index (χ3v) is 7.05. The number of carbonyl (C=O) groups excluding carboxylic acids is 3. The van der Waals surface area contributed by atoms with E-state index in [9.17, 15) is 19.6 Å². The molecule has 2 aliphatic rings. The zero-order chi connectivity index (χ0) is 27.4. The first-order chi connectivity index (χ1) is 18.3. The fourth-order valence-electron chi connectivity index (χ4n) is 5.10. The molecular formula is C29H30N4O5. The van der Waals surface area contributed by atoms with Gasteiger partial charge in [0.05, 0.1) is 37.4 Å². The third kappa shape index (κ3) is 4.73. The van der Waals surface area contributed by atoms with Gasteiger partial charge in [0, 0.05) is 23.8 Å². The van der Waals surface area contributed by atoms with Crippen molar-refractivity contribution in [3.05, 3.63) is 88.4 Å². The van der Waals surface area contributed by atoms with Crippen molar-refractivity contribution in [3.63, 3.8) is 0 Å². The van der Waals surface area contributed by atoms with Crippen LogP contribution < -0.4 is 10.6 Å². The van der Waals surface area contributed by atoms with Crippen LogP contribution in [0.25, 0.3) is 0 Å². The summed E-state index contributed by atoms with van der Waals surface area (Å²) in [6.07, 6.45) is 3.02. The molecule has 0 spiro atoms. The maximum atomic E-state index is 13.2. The van der Waals surface area contributed by atoms with Gasteiger partial charge in [-0.3, -0.25) is 9.69 Å². The predicted octanol–water partition coefficient (Wildman–Crippen LogP) is 3.60. The Morgan fingerprint density at radius 3 is 2.21 bits per heavy atom. The van der Waals surface area contributed by atoms with E-state index < -0.39 is 17.9 Å². The van der Waals surface area contributed by atoms with E-state index in [4.69, 9.17) is 15.2 Å². The van der Waals surface area contributed by atoms with Crippen LogP contribution in [0.1, 0.15) is 48.0 Å². The quantitative estimate of drug-likeness (QED) is 0.600. The number of ether oxygens (including phenoxy) is 2. The maximum Gasteiger partial charge on any atom is 0.355 e. The number of rotatable bonds is 5. The first-order valence-electron chi connectivity index (χ1n) is 12.4. The number of amides is 1. The van der Waals surface area contributed by atoms with Gasteiger partial charge in [0.2, 0.25) is 0 Å². The standard InChI is InChI=1S/C29H30N4O5/c1-18-9-7-8-16-32(18)27(34)20-12-14-21(15-13-20)33-25(29(36)38-3)24(28(35)37-2)23(22(17-30)26(33)31)19-10-5-4-6-11-19/h4-6,10-15,18,23H,7-9,16,31H2,1-3H3. The molecule has 2 atom stereocenters. The molecule has 2 unspecified atom stereocenters. The number of hydrogen-bond acceptors (Lipinski definition) is 8. The van der Waals surface area contributed by atoms with Crippen LogP contribution in [-0.4, -0.2) is 49.6 Å². The first-order valence-corrected chi connectivity index (χ1v) is 12.4. The molecule has 2 aliphatic heterocycles. The molecule has 2 aromatic rings. The van der Waals surface area contributed by atoms with Crippen LogP contribution in [0.15, 0.2) is 77.3 Å². The number of nitrogens with zero attached hydrogens (tertiary/aromatic N) is 3. The van der Waals surface area contributed by atoms with Gasteiger partial charge in [0.1, 0.15) is 11.5 Å². The predicted molar refractivity (Wildman–Crippen MR) is 140 cm³/mol. The SMILES string of the molecule is COC(=O)C1=C(C(=O)OC)N(c2ccc(C(=O)N3CCCCC3C)cc2)C(N)=C(C#N)C1c1ccccc1. The van der Waals surface area contributed by atoms with Gasteiger partial charge in [-0.05, 0) is 56.0 Å². The molecule has 0 bridgehead atoms. The van der Waals surface area contributed by atoms with Crippen molar-refractivity contribution < 1.29 is 23.9 Å². The maximum absolute atomic E-state index is 13.2. The lowest BCUT2D eigenvalue weighted by Gasteiger charge is -2.36. The Bertz CT molecular complexity index is 1340. The number of nitriles is 1. The third-order valence-electron chi connectivity index (χ3n) is 7.05. The highest BCUT2D eigenvalue weighted by atomic mass is 16.5. The average molecular weight is 515 g/mol. The van der Waals surface area contributed by atoms with E-state index in [1.54, 1.807) is 54.6 Å². The monoisotopic (exact) mass is 514 g/mol. The number of piperidine rings is 1. The van der Waals surface area contributed by atoms with E-state index in [0.717, 1.165) is 19.3 Å². The van der Waals surface area contributed by atoms with Crippen LogP contribution in [0.2, 0.25) is 0 Å². The van der Waals surface area contributed by atoms with Gasteiger partial charge in [-0.25, -0.2) is 9.59 Å². The number of methoxy groups -OCH3 is 2. The van der Waals surface area contributed by atoms with Crippen LogP contribution in [0.4, 0.5) is 5.69 Å². The van der Waals surface area contributed by atoms with Crippen molar-refractivity contribution in [2.24, 2.45) is 5.73 Å². The van der Waals surface area contributed by atoms with Gasteiger partial charge < -0.3 is 20.1 Å². The summed E-state index contributed by atoms with van der Waals surface area (Å²) in [5, 5.41) is 10.1. The Balaban J connectivity index is 1.85. The molecule has 1 fully saturated rings. The van der Waals surface area contributed by atoms with Gasteiger partial charge >= 0.3 is 11.9 Å². The average Bonchev–Trinajstić information content (AvgIpc) is 2.96. The van der Waals surface area contributed by atoms with Crippen molar-refractivity contribution in [3.8, 4) is 6.07 Å². The van der Waals surface area contributed by atoms with Crippen molar-refractivity contribution >= 4 is 23.5 Å². The minimum Gasteiger partial charge on any atom is -0.466 e. The summed E-state index contributed by atoms with van der Waals surface area (Å²) in [5.74, 6) is -2.67. The van der Waals surface area contributed by atoms with Crippen LogP contribution in [0.5, 0.6) is 0 Å². The second-order valence-electron chi connectivity index (χ2n) is 9.23. The molecule has 38 heavy (non-hydrogen) atoms. The Morgan fingerprint density at radius 1 is 0.974 bits per heavy atom. The highest BCUT2D eigenvalue weighted by molar-refractivity contribution is 6.06. The number of anilines is 1. The summed E-state index contributed by atoms with van der Waals surface area (Å²) in [5.41, 5.74) is 7.83. The number of nitrogens with two attached hydrogens (primary N) is 1. The number of carbonyl (C=O) groups is 3. The normalized spacial score (nSPS) is 19.6. The molecule has 0 saturated carbocycles. The van der Waals surface area contributed by atoms with Crippen molar-refractivity contribution in [2.45, 2.75) is 38.1 Å². The molecule has 1 amide bonds. The highest BCUT2D eigenvalue weighted by Gasteiger charge is 2.43. The smallest absolute Gasteiger partial charge is 0.355 e. The molecular weight excluding hydrogens is 484 g/mol. The number of allylic oxidation sites excluding steroid dienone is 1. The summed E-state index contributed by atoms with van der Waals surface area (Å²) in [6.45, 7) is 2.74. The topological polar surface area (TPSA) is 126 Å². The van der Waals surface area contributed by atoms with E-state index in [2.05, 4.69) is 6.07 Å². The highest BCUT2D eigenvalue weighted by Crippen LogP contribution is 2.43. The lowest BCUT2D eigenvalue weighted by Crippen LogP contribution is -2.42. The first kappa shape index (κ1) is 26.5. The molecule has 2 aromatic carbocycles. The van der Waals surface area contributed by atoms with Gasteiger partial charge in [-0.15, -0.1) is 0 Å². The summed E-state index contributed by atoms with van der Waals surface area (Å²) in [6, 6.07) is 17.6. The van der Waals surface area contributed by atoms with E-state index >= 15 is 0 Å². The van der Waals surface area contributed by atoms with E-state index in [-0.39, 0.29) is 34.6 Å². The molecule has 196 valence electrons. The molecule has 9 nitrogen and oxygen atoms in total. The zero-order valence-corrected chi connectivity index (χ0v) is 21.6. The lowest BCUT2D eigenvalue weighted by atomic mass is 9.81. The Hall–Kier alpha value is -4.58. The second kappa shape index (κ2) is 11.2. The van der Waals surface area contributed by atoms with Crippen LogP contribution in [0, 0.1) is 11.3 Å². The molecule has 9 heteroatoms. The minimum absolute atomic E-state index is 0.0295. The van der Waals surface area contributed by atoms with Crippen molar-refractivity contribution in [1.29, 1.82) is 5.26 Å². The van der Waals surface area contributed by atoms with Crippen molar-refractivity contribution in [1.82, 2.24) is 4.90 Å². The van der Waals surface area contributed by atoms with Crippen LogP contribution in [-0.2, 0) is 19.1 Å². The second-order valence-corrected chi connectivity index (χ2v) is 9.23.